The van der Waals surface area contributed by atoms with Crippen LogP contribution in [0.2, 0.25) is 0 Å². The molecule has 15 heavy (non-hydrogen) atoms. The van der Waals surface area contributed by atoms with Gasteiger partial charge in [-0.2, -0.15) is 5.10 Å². The Labute approximate surface area is 90.3 Å². The fourth-order valence-corrected chi connectivity index (χ4v) is 1.83. The third-order valence-electron chi connectivity index (χ3n) is 2.89. The molecule has 2 rings (SSSR count). The first-order chi connectivity index (χ1) is 7.09. The number of nitrogens with zero attached hydrogens (tertiary/aromatic N) is 1. The van der Waals surface area contributed by atoms with Gasteiger partial charge < -0.3 is 0 Å². The zero-order chi connectivity index (χ0) is 11.0. The Bertz CT molecular complexity index is 495. The predicted molar refractivity (Wildman–Crippen MR) is 63.0 cm³/mol. The number of aromatic amines is 1. The number of aryl methyl sites for hydroxylation is 3. The first-order valence-electron chi connectivity index (χ1n) is 5.19. The highest BCUT2D eigenvalue weighted by Crippen LogP contribution is 2.26. The average molecular weight is 200 g/mol. The van der Waals surface area contributed by atoms with Crippen LogP contribution in [-0.4, -0.2) is 10.2 Å². The quantitative estimate of drug-likeness (QED) is 0.751. The smallest absolute Gasteiger partial charge is 0.0955 e. The van der Waals surface area contributed by atoms with E-state index in [1.165, 1.54) is 22.3 Å². The van der Waals surface area contributed by atoms with E-state index >= 15 is 0 Å². The van der Waals surface area contributed by atoms with Gasteiger partial charge in [0, 0.05) is 11.3 Å². The number of hydrogen-bond donors (Lipinski definition) is 1. The molecule has 0 aliphatic heterocycles. The molecule has 0 saturated heterocycles. The lowest BCUT2D eigenvalue weighted by Crippen LogP contribution is -1.87. The maximum absolute atomic E-state index is 4.35. The van der Waals surface area contributed by atoms with Crippen molar-refractivity contribution in [2.45, 2.75) is 27.7 Å². The summed E-state index contributed by atoms with van der Waals surface area (Å²) in [5.74, 6) is 0. The molecule has 2 aromatic rings. The van der Waals surface area contributed by atoms with E-state index in [0.717, 1.165) is 11.4 Å². The summed E-state index contributed by atoms with van der Waals surface area (Å²) in [6.07, 6.45) is 0. The standard InChI is InChI=1S/C13H16N2/c1-8-5-6-12(9(2)7-8)13-10(3)11(4)14-15-13/h5-7H,1-4H3,(H,14,15). The molecule has 1 N–H and O–H groups in total. The minimum atomic E-state index is 1.07. The van der Waals surface area contributed by atoms with Gasteiger partial charge in [-0.1, -0.05) is 23.8 Å². The van der Waals surface area contributed by atoms with Gasteiger partial charge in [-0.15, -0.1) is 0 Å². The summed E-state index contributed by atoms with van der Waals surface area (Å²) in [6, 6.07) is 6.47. The Kier molecular flexibility index (Phi) is 2.35. The summed E-state index contributed by atoms with van der Waals surface area (Å²) in [5, 5.41) is 7.38. The second-order valence-corrected chi connectivity index (χ2v) is 4.14. The van der Waals surface area contributed by atoms with Crippen LogP contribution in [0.1, 0.15) is 22.4 Å². The van der Waals surface area contributed by atoms with Crippen LogP contribution in [0.4, 0.5) is 0 Å². The van der Waals surface area contributed by atoms with Crippen LogP contribution in [0.25, 0.3) is 11.3 Å². The van der Waals surface area contributed by atoms with Crippen LogP contribution in [0.5, 0.6) is 0 Å². The molecule has 1 heterocycles. The van der Waals surface area contributed by atoms with E-state index in [-0.39, 0.29) is 0 Å². The third-order valence-corrected chi connectivity index (χ3v) is 2.89. The lowest BCUT2D eigenvalue weighted by atomic mass is 10.0. The van der Waals surface area contributed by atoms with Crippen molar-refractivity contribution in [1.82, 2.24) is 10.2 Å². The number of H-pyrrole nitrogens is 1. The van der Waals surface area contributed by atoms with Crippen molar-refractivity contribution < 1.29 is 0 Å². The van der Waals surface area contributed by atoms with Gasteiger partial charge in [0.2, 0.25) is 0 Å². The fourth-order valence-electron chi connectivity index (χ4n) is 1.83. The van der Waals surface area contributed by atoms with Crippen LogP contribution in [0, 0.1) is 27.7 Å². The molecule has 0 spiro atoms. The topological polar surface area (TPSA) is 28.7 Å². The van der Waals surface area contributed by atoms with Gasteiger partial charge in [0.1, 0.15) is 0 Å². The molecule has 0 radical (unpaired) electrons. The van der Waals surface area contributed by atoms with Gasteiger partial charge in [-0.05, 0) is 38.8 Å². The summed E-state index contributed by atoms with van der Waals surface area (Å²) in [7, 11) is 0. The van der Waals surface area contributed by atoms with Crippen molar-refractivity contribution in [2.75, 3.05) is 0 Å². The molecule has 2 heteroatoms. The van der Waals surface area contributed by atoms with E-state index in [1.54, 1.807) is 0 Å². The number of hydrogen-bond acceptors (Lipinski definition) is 1. The molecule has 0 atom stereocenters. The van der Waals surface area contributed by atoms with Gasteiger partial charge in [0.15, 0.2) is 0 Å². The normalized spacial score (nSPS) is 10.7. The highest BCUT2D eigenvalue weighted by Gasteiger charge is 2.09. The summed E-state index contributed by atoms with van der Waals surface area (Å²) in [4.78, 5) is 0. The highest BCUT2D eigenvalue weighted by atomic mass is 15.1. The van der Waals surface area contributed by atoms with E-state index in [0.29, 0.717) is 0 Å². The van der Waals surface area contributed by atoms with Crippen molar-refractivity contribution in [3.8, 4) is 11.3 Å². The first kappa shape index (κ1) is 9.97. The summed E-state index contributed by atoms with van der Waals surface area (Å²) in [6.45, 7) is 8.40. The van der Waals surface area contributed by atoms with Crippen LogP contribution < -0.4 is 0 Å². The van der Waals surface area contributed by atoms with E-state index in [9.17, 15) is 0 Å². The maximum Gasteiger partial charge on any atom is 0.0955 e. The van der Waals surface area contributed by atoms with Gasteiger partial charge >= 0.3 is 0 Å². The van der Waals surface area contributed by atoms with E-state index < -0.39 is 0 Å². The largest absolute Gasteiger partial charge is 0.282 e. The number of rotatable bonds is 1. The van der Waals surface area contributed by atoms with Crippen LogP contribution >= 0.6 is 0 Å². The van der Waals surface area contributed by atoms with Crippen molar-refractivity contribution in [3.05, 3.63) is 40.6 Å². The molecule has 1 aromatic heterocycles. The van der Waals surface area contributed by atoms with Crippen LogP contribution in [0.3, 0.4) is 0 Å². The molecular weight excluding hydrogens is 184 g/mol. The second kappa shape index (κ2) is 3.54. The predicted octanol–water partition coefficient (Wildman–Crippen LogP) is 3.31. The number of benzene rings is 1. The molecule has 0 amide bonds. The zero-order valence-electron chi connectivity index (χ0n) is 9.68. The molecule has 0 unspecified atom stereocenters. The number of aromatic nitrogens is 2. The minimum absolute atomic E-state index is 1.07. The molecular formula is C13H16N2. The Morgan fingerprint density at radius 1 is 1.07 bits per heavy atom. The van der Waals surface area contributed by atoms with Crippen LogP contribution in [0.15, 0.2) is 18.2 Å². The van der Waals surface area contributed by atoms with E-state index in [4.69, 9.17) is 0 Å². The van der Waals surface area contributed by atoms with Gasteiger partial charge in [-0.3, -0.25) is 5.10 Å². The molecule has 0 aliphatic rings. The van der Waals surface area contributed by atoms with Crippen LogP contribution in [-0.2, 0) is 0 Å². The summed E-state index contributed by atoms with van der Waals surface area (Å²) >= 11 is 0. The average Bonchev–Trinajstić information content (AvgIpc) is 2.49. The minimum Gasteiger partial charge on any atom is -0.282 e. The maximum atomic E-state index is 4.35. The Morgan fingerprint density at radius 2 is 1.80 bits per heavy atom. The van der Waals surface area contributed by atoms with Gasteiger partial charge in [-0.25, -0.2) is 0 Å². The molecule has 0 fully saturated rings. The van der Waals surface area contributed by atoms with Crippen molar-refractivity contribution in [3.63, 3.8) is 0 Å². The first-order valence-corrected chi connectivity index (χ1v) is 5.19. The SMILES string of the molecule is Cc1ccc(-c2n[nH]c(C)c2C)c(C)c1. The molecule has 0 saturated carbocycles. The Balaban J connectivity index is 2.59. The lowest BCUT2D eigenvalue weighted by molar-refractivity contribution is 1.05. The van der Waals surface area contributed by atoms with Crippen molar-refractivity contribution >= 4 is 0 Å². The zero-order valence-corrected chi connectivity index (χ0v) is 9.68. The molecule has 78 valence electrons. The lowest BCUT2D eigenvalue weighted by Gasteiger charge is -2.04. The summed E-state index contributed by atoms with van der Waals surface area (Å²) in [5.41, 5.74) is 7.25. The molecule has 1 aromatic carbocycles. The fraction of sp³-hybridized carbons (Fsp3) is 0.308. The van der Waals surface area contributed by atoms with E-state index in [2.05, 4.69) is 56.1 Å². The van der Waals surface area contributed by atoms with Gasteiger partial charge in [0.25, 0.3) is 0 Å². The monoisotopic (exact) mass is 200 g/mol. The van der Waals surface area contributed by atoms with E-state index in [1.807, 2.05) is 0 Å². The Hall–Kier alpha value is -1.57. The second-order valence-electron chi connectivity index (χ2n) is 4.14. The highest BCUT2D eigenvalue weighted by molar-refractivity contribution is 5.67. The Morgan fingerprint density at radius 3 is 2.33 bits per heavy atom. The summed E-state index contributed by atoms with van der Waals surface area (Å²) < 4.78 is 0. The molecule has 0 aliphatic carbocycles. The number of nitrogens with one attached hydrogen (secondary N) is 1. The molecule has 2 nitrogen and oxygen atoms in total. The van der Waals surface area contributed by atoms with Crippen molar-refractivity contribution in [1.29, 1.82) is 0 Å². The molecule has 0 bridgehead atoms. The third kappa shape index (κ3) is 1.67. The van der Waals surface area contributed by atoms with Crippen molar-refractivity contribution in [2.24, 2.45) is 0 Å². The van der Waals surface area contributed by atoms with Gasteiger partial charge in [0.05, 0.1) is 5.69 Å².